The van der Waals surface area contributed by atoms with Crippen LogP contribution >= 0.6 is 0 Å². The molecule has 0 aromatic heterocycles. The van der Waals surface area contributed by atoms with Gasteiger partial charge in [0.2, 0.25) is 0 Å². The smallest absolute Gasteiger partial charge is 0.0664 e. The number of benzene rings is 1. The maximum Gasteiger partial charge on any atom is 0.0664 e. The predicted octanol–water partition coefficient (Wildman–Crippen LogP) is 2.98. The second kappa shape index (κ2) is 8.11. The molecule has 0 aliphatic carbocycles. The van der Waals surface area contributed by atoms with E-state index in [4.69, 9.17) is 10.5 Å². The van der Waals surface area contributed by atoms with Crippen LogP contribution < -0.4 is 11.1 Å². The van der Waals surface area contributed by atoms with Gasteiger partial charge in [0.15, 0.2) is 0 Å². The van der Waals surface area contributed by atoms with E-state index < -0.39 is 0 Å². The highest BCUT2D eigenvalue weighted by molar-refractivity contribution is 5.46. The van der Waals surface area contributed by atoms with Crippen molar-refractivity contribution < 1.29 is 4.74 Å². The molecule has 1 aromatic rings. The molecule has 3 heteroatoms. The molecule has 0 saturated carbocycles. The summed E-state index contributed by atoms with van der Waals surface area (Å²) in [5, 5.41) is 3.50. The van der Waals surface area contributed by atoms with Crippen molar-refractivity contribution in [3.05, 3.63) is 29.8 Å². The number of nitrogens with two attached hydrogens (primary N) is 1. The topological polar surface area (TPSA) is 47.3 Å². The summed E-state index contributed by atoms with van der Waals surface area (Å²) in [5.41, 5.74) is 8.07. The molecule has 0 spiro atoms. The SMILES string of the molecule is COCC(CCCN)Nc1ccc(C(C)C)cc1. The maximum absolute atomic E-state index is 5.55. The van der Waals surface area contributed by atoms with E-state index in [0.29, 0.717) is 18.6 Å². The molecule has 1 atom stereocenters. The molecule has 0 aliphatic rings. The first-order valence-electron chi connectivity index (χ1n) is 6.73. The molecule has 0 fully saturated rings. The van der Waals surface area contributed by atoms with Gasteiger partial charge in [0.1, 0.15) is 0 Å². The summed E-state index contributed by atoms with van der Waals surface area (Å²) in [6.07, 6.45) is 2.06. The fourth-order valence-corrected chi connectivity index (χ4v) is 1.96. The molecule has 18 heavy (non-hydrogen) atoms. The van der Waals surface area contributed by atoms with Crippen LogP contribution in [0.25, 0.3) is 0 Å². The Morgan fingerprint density at radius 1 is 1.22 bits per heavy atom. The molecule has 3 nitrogen and oxygen atoms in total. The average molecular weight is 250 g/mol. The minimum Gasteiger partial charge on any atom is -0.383 e. The van der Waals surface area contributed by atoms with Crippen LogP contribution in [0.4, 0.5) is 5.69 Å². The van der Waals surface area contributed by atoms with E-state index in [2.05, 4.69) is 43.4 Å². The highest BCUT2D eigenvalue weighted by atomic mass is 16.5. The third-order valence-electron chi connectivity index (χ3n) is 3.07. The monoisotopic (exact) mass is 250 g/mol. The van der Waals surface area contributed by atoms with Crippen LogP contribution in [0.2, 0.25) is 0 Å². The van der Waals surface area contributed by atoms with Gasteiger partial charge in [0.05, 0.1) is 6.61 Å². The van der Waals surface area contributed by atoms with Crippen LogP contribution in [0.5, 0.6) is 0 Å². The number of hydrogen-bond donors (Lipinski definition) is 2. The van der Waals surface area contributed by atoms with Crippen molar-refractivity contribution in [1.29, 1.82) is 0 Å². The first-order valence-corrected chi connectivity index (χ1v) is 6.73. The van der Waals surface area contributed by atoms with Crippen molar-refractivity contribution in [3.8, 4) is 0 Å². The van der Waals surface area contributed by atoms with Gasteiger partial charge in [-0.3, -0.25) is 0 Å². The second-order valence-electron chi connectivity index (χ2n) is 5.00. The number of ether oxygens (including phenoxy) is 1. The Hall–Kier alpha value is -1.06. The summed E-state index contributed by atoms with van der Waals surface area (Å²) in [6.45, 7) is 5.86. The van der Waals surface area contributed by atoms with E-state index in [-0.39, 0.29) is 0 Å². The molecule has 0 heterocycles. The lowest BCUT2D eigenvalue weighted by molar-refractivity contribution is 0.182. The van der Waals surface area contributed by atoms with Crippen LogP contribution in [-0.4, -0.2) is 26.3 Å². The van der Waals surface area contributed by atoms with E-state index in [1.807, 2.05) is 0 Å². The summed E-state index contributed by atoms with van der Waals surface area (Å²) in [5.74, 6) is 0.575. The Kier molecular flexibility index (Phi) is 6.76. The zero-order valence-electron chi connectivity index (χ0n) is 11.8. The van der Waals surface area contributed by atoms with Crippen molar-refractivity contribution >= 4 is 5.69 Å². The van der Waals surface area contributed by atoms with Gasteiger partial charge in [0.25, 0.3) is 0 Å². The Labute approximate surface area is 111 Å². The molecule has 1 aromatic carbocycles. The summed E-state index contributed by atoms with van der Waals surface area (Å²) in [6, 6.07) is 8.98. The van der Waals surface area contributed by atoms with Gasteiger partial charge in [-0.05, 0) is 43.0 Å². The van der Waals surface area contributed by atoms with Crippen LogP contribution in [0.1, 0.15) is 38.2 Å². The fourth-order valence-electron chi connectivity index (χ4n) is 1.96. The van der Waals surface area contributed by atoms with Gasteiger partial charge in [-0.25, -0.2) is 0 Å². The molecule has 1 rings (SSSR count). The van der Waals surface area contributed by atoms with Crippen LogP contribution in [0.3, 0.4) is 0 Å². The van der Waals surface area contributed by atoms with Gasteiger partial charge in [-0.1, -0.05) is 26.0 Å². The van der Waals surface area contributed by atoms with E-state index in [1.165, 1.54) is 5.56 Å². The summed E-state index contributed by atoms with van der Waals surface area (Å²) >= 11 is 0. The Morgan fingerprint density at radius 2 is 1.89 bits per heavy atom. The molecule has 0 aliphatic heterocycles. The third kappa shape index (κ3) is 5.07. The van der Waals surface area contributed by atoms with Crippen molar-refractivity contribution in [2.45, 2.75) is 38.6 Å². The molecule has 0 saturated heterocycles. The first-order chi connectivity index (χ1) is 8.67. The lowest BCUT2D eigenvalue weighted by Gasteiger charge is -2.19. The molecular weight excluding hydrogens is 224 g/mol. The van der Waals surface area contributed by atoms with Crippen LogP contribution in [-0.2, 0) is 4.74 Å². The molecule has 1 unspecified atom stereocenters. The van der Waals surface area contributed by atoms with Crippen molar-refractivity contribution in [2.24, 2.45) is 5.73 Å². The Bertz CT molecular complexity index is 322. The Balaban J connectivity index is 2.56. The number of anilines is 1. The van der Waals surface area contributed by atoms with Crippen LogP contribution in [0.15, 0.2) is 24.3 Å². The Morgan fingerprint density at radius 3 is 2.39 bits per heavy atom. The summed E-state index contributed by atoms with van der Waals surface area (Å²) in [4.78, 5) is 0. The highest BCUT2D eigenvalue weighted by Gasteiger charge is 2.08. The molecule has 0 radical (unpaired) electrons. The molecule has 102 valence electrons. The van der Waals surface area contributed by atoms with Gasteiger partial charge in [-0.15, -0.1) is 0 Å². The number of hydrogen-bond acceptors (Lipinski definition) is 3. The predicted molar refractivity (Wildman–Crippen MR) is 78.1 cm³/mol. The highest BCUT2D eigenvalue weighted by Crippen LogP contribution is 2.18. The van der Waals surface area contributed by atoms with Gasteiger partial charge < -0.3 is 15.8 Å². The number of methoxy groups -OCH3 is 1. The minimum atomic E-state index is 0.337. The van der Waals surface area contributed by atoms with E-state index in [0.717, 1.165) is 25.1 Å². The average Bonchev–Trinajstić information content (AvgIpc) is 2.37. The summed E-state index contributed by atoms with van der Waals surface area (Å²) < 4.78 is 5.23. The first kappa shape index (κ1) is 15.0. The van der Waals surface area contributed by atoms with Crippen molar-refractivity contribution in [3.63, 3.8) is 0 Å². The van der Waals surface area contributed by atoms with E-state index in [9.17, 15) is 0 Å². The zero-order chi connectivity index (χ0) is 13.4. The van der Waals surface area contributed by atoms with Crippen molar-refractivity contribution in [1.82, 2.24) is 0 Å². The molecule has 3 N–H and O–H groups in total. The number of rotatable bonds is 8. The lowest BCUT2D eigenvalue weighted by atomic mass is 10.0. The molecule has 0 amide bonds. The maximum atomic E-state index is 5.55. The number of nitrogens with one attached hydrogen (secondary N) is 1. The molecular formula is C15H26N2O. The summed E-state index contributed by atoms with van der Waals surface area (Å²) in [7, 11) is 1.74. The normalized spacial score (nSPS) is 12.7. The zero-order valence-corrected chi connectivity index (χ0v) is 11.8. The second-order valence-corrected chi connectivity index (χ2v) is 5.00. The van der Waals surface area contributed by atoms with Crippen molar-refractivity contribution in [2.75, 3.05) is 25.6 Å². The van der Waals surface area contributed by atoms with E-state index >= 15 is 0 Å². The van der Waals surface area contributed by atoms with Crippen LogP contribution in [0, 0.1) is 0 Å². The standard InChI is InChI=1S/C15H26N2O/c1-12(2)13-6-8-14(9-7-13)17-15(11-18-3)5-4-10-16/h6-9,12,15,17H,4-5,10-11,16H2,1-3H3. The third-order valence-corrected chi connectivity index (χ3v) is 3.07. The molecule has 0 bridgehead atoms. The fraction of sp³-hybridized carbons (Fsp3) is 0.600. The van der Waals surface area contributed by atoms with E-state index in [1.54, 1.807) is 7.11 Å². The largest absolute Gasteiger partial charge is 0.383 e. The quantitative estimate of drug-likeness (QED) is 0.745. The lowest BCUT2D eigenvalue weighted by Crippen LogP contribution is -2.25. The minimum absolute atomic E-state index is 0.337. The van der Waals surface area contributed by atoms with Gasteiger partial charge in [-0.2, -0.15) is 0 Å². The van der Waals surface area contributed by atoms with Gasteiger partial charge in [0, 0.05) is 18.8 Å². The van der Waals surface area contributed by atoms with Gasteiger partial charge >= 0.3 is 0 Å².